The van der Waals surface area contributed by atoms with Crippen molar-refractivity contribution in [3.63, 3.8) is 0 Å². The normalized spacial score (nSPS) is 10.8. The van der Waals surface area contributed by atoms with Crippen molar-refractivity contribution in [3.8, 4) is 11.5 Å². The SMILES string of the molecule is Cc1ccc(SCc2noc(-c3ccsc3)n2)cc1. The van der Waals surface area contributed by atoms with Gasteiger partial charge >= 0.3 is 0 Å². The van der Waals surface area contributed by atoms with Gasteiger partial charge in [-0.25, -0.2) is 0 Å². The third-order valence-corrected chi connectivity index (χ3v) is 4.32. The molecule has 0 unspecified atom stereocenters. The van der Waals surface area contributed by atoms with Crippen LogP contribution in [0.25, 0.3) is 11.5 Å². The van der Waals surface area contributed by atoms with E-state index in [1.807, 2.05) is 16.8 Å². The van der Waals surface area contributed by atoms with E-state index < -0.39 is 0 Å². The highest BCUT2D eigenvalue weighted by molar-refractivity contribution is 7.98. The molecule has 0 aliphatic heterocycles. The Morgan fingerprint density at radius 1 is 1.21 bits per heavy atom. The van der Waals surface area contributed by atoms with Crippen molar-refractivity contribution in [2.75, 3.05) is 0 Å². The maximum Gasteiger partial charge on any atom is 0.258 e. The monoisotopic (exact) mass is 288 g/mol. The van der Waals surface area contributed by atoms with Crippen LogP contribution in [0.2, 0.25) is 0 Å². The number of hydrogen-bond acceptors (Lipinski definition) is 5. The minimum atomic E-state index is 0.598. The van der Waals surface area contributed by atoms with E-state index >= 15 is 0 Å². The van der Waals surface area contributed by atoms with Crippen molar-refractivity contribution in [3.05, 3.63) is 52.5 Å². The molecule has 0 bridgehead atoms. The van der Waals surface area contributed by atoms with Crippen LogP contribution in [0.5, 0.6) is 0 Å². The summed E-state index contributed by atoms with van der Waals surface area (Å²) in [5.74, 6) is 2.05. The van der Waals surface area contributed by atoms with Crippen LogP contribution in [0.4, 0.5) is 0 Å². The highest BCUT2D eigenvalue weighted by Gasteiger charge is 2.09. The van der Waals surface area contributed by atoms with E-state index in [4.69, 9.17) is 4.52 Å². The Kier molecular flexibility index (Phi) is 3.66. The van der Waals surface area contributed by atoms with Gasteiger partial charge in [0.2, 0.25) is 0 Å². The smallest absolute Gasteiger partial charge is 0.258 e. The molecule has 2 aromatic heterocycles. The third-order valence-electron chi connectivity index (χ3n) is 2.63. The average molecular weight is 288 g/mol. The fraction of sp³-hybridized carbons (Fsp3) is 0.143. The number of thioether (sulfide) groups is 1. The molecule has 3 aromatic rings. The lowest BCUT2D eigenvalue weighted by Crippen LogP contribution is -1.84. The maximum atomic E-state index is 5.25. The summed E-state index contributed by atoms with van der Waals surface area (Å²) in [6.45, 7) is 2.08. The van der Waals surface area contributed by atoms with Gasteiger partial charge in [0.25, 0.3) is 5.89 Å². The average Bonchev–Trinajstić information content (AvgIpc) is 3.09. The van der Waals surface area contributed by atoms with Gasteiger partial charge in [-0.1, -0.05) is 22.9 Å². The second kappa shape index (κ2) is 5.59. The number of aromatic nitrogens is 2. The lowest BCUT2D eigenvalue weighted by atomic mass is 10.2. The molecule has 3 rings (SSSR count). The summed E-state index contributed by atoms with van der Waals surface area (Å²) < 4.78 is 5.25. The highest BCUT2D eigenvalue weighted by atomic mass is 32.2. The Morgan fingerprint density at radius 3 is 2.79 bits per heavy atom. The molecule has 0 aliphatic rings. The fourth-order valence-corrected chi connectivity index (χ4v) is 2.97. The molecule has 0 amide bonds. The number of thiophene rings is 1. The zero-order chi connectivity index (χ0) is 13.1. The zero-order valence-corrected chi connectivity index (χ0v) is 12.0. The van der Waals surface area contributed by atoms with Crippen LogP contribution in [0.1, 0.15) is 11.4 Å². The topological polar surface area (TPSA) is 38.9 Å². The van der Waals surface area contributed by atoms with E-state index in [0.717, 1.165) is 17.1 Å². The van der Waals surface area contributed by atoms with Crippen molar-refractivity contribution in [2.45, 2.75) is 17.6 Å². The molecular formula is C14H12N2OS2. The van der Waals surface area contributed by atoms with Crippen LogP contribution in [-0.2, 0) is 5.75 Å². The number of benzene rings is 1. The van der Waals surface area contributed by atoms with Gasteiger partial charge in [0.15, 0.2) is 5.82 Å². The summed E-state index contributed by atoms with van der Waals surface area (Å²) in [5, 5.41) is 8.01. The summed E-state index contributed by atoms with van der Waals surface area (Å²) >= 11 is 3.33. The largest absolute Gasteiger partial charge is 0.334 e. The van der Waals surface area contributed by atoms with E-state index in [9.17, 15) is 0 Å². The van der Waals surface area contributed by atoms with Crippen LogP contribution in [0.3, 0.4) is 0 Å². The van der Waals surface area contributed by atoms with Gasteiger partial charge in [-0.05, 0) is 30.5 Å². The van der Waals surface area contributed by atoms with Crippen LogP contribution in [0.15, 0.2) is 50.5 Å². The fourth-order valence-electron chi connectivity index (χ4n) is 1.60. The van der Waals surface area contributed by atoms with Crippen LogP contribution in [-0.4, -0.2) is 10.1 Å². The lowest BCUT2D eigenvalue weighted by Gasteiger charge is -1.98. The molecule has 0 fully saturated rings. The van der Waals surface area contributed by atoms with Crippen LogP contribution in [0, 0.1) is 6.92 Å². The Labute approximate surface area is 119 Å². The quantitative estimate of drug-likeness (QED) is 0.667. The molecule has 2 heterocycles. The molecule has 96 valence electrons. The Balaban J connectivity index is 1.66. The molecule has 3 nitrogen and oxygen atoms in total. The standard InChI is InChI=1S/C14H12N2OS2/c1-10-2-4-12(5-3-10)19-9-13-15-14(17-16-13)11-6-7-18-8-11/h2-8H,9H2,1H3. The number of rotatable bonds is 4. The lowest BCUT2D eigenvalue weighted by molar-refractivity contribution is 0.425. The second-order valence-electron chi connectivity index (χ2n) is 4.13. The molecule has 5 heteroatoms. The number of hydrogen-bond donors (Lipinski definition) is 0. The van der Waals surface area contributed by atoms with E-state index in [1.165, 1.54) is 10.5 Å². The van der Waals surface area contributed by atoms with Gasteiger partial charge in [-0.2, -0.15) is 16.3 Å². The van der Waals surface area contributed by atoms with E-state index in [-0.39, 0.29) is 0 Å². The summed E-state index contributed by atoms with van der Waals surface area (Å²) in [4.78, 5) is 5.61. The summed E-state index contributed by atoms with van der Waals surface area (Å²) in [6, 6.07) is 10.4. The molecule has 1 aromatic carbocycles. The van der Waals surface area contributed by atoms with Gasteiger partial charge in [-0.15, -0.1) is 11.8 Å². The van der Waals surface area contributed by atoms with Gasteiger partial charge in [0.1, 0.15) is 0 Å². The third kappa shape index (κ3) is 3.05. The molecule has 0 saturated heterocycles. The summed E-state index contributed by atoms with van der Waals surface area (Å²) in [7, 11) is 0. The van der Waals surface area contributed by atoms with Gasteiger partial charge in [0.05, 0.1) is 11.3 Å². The first-order chi connectivity index (χ1) is 9.31. The number of nitrogens with zero attached hydrogens (tertiary/aromatic N) is 2. The van der Waals surface area contributed by atoms with Crippen LogP contribution < -0.4 is 0 Å². The second-order valence-corrected chi connectivity index (χ2v) is 5.96. The highest BCUT2D eigenvalue weighted by Crippen LogP contribution is 2.24. The Hall–Kier alpha value is -1.59. The molecule has 0 spiro atoms. The predicted molar refractivity (Wildman–Crippen MR) is 78.4 cm³/mol. The van der Waals surface area contributed by atoms with Gasteiger partial charge in [-0.3, -0.25) is 0 Å². The van der Waals surface area contributed by atoms with Crippen molar-refractivity contribution in [1.29, 1.82) is 0 Å². The predicted octanol–water partition coefficient (Wildman–Crippen LogP) is 4.40. The summed E-state index contributed by atoms with van der Waals surface area (Å²) in [6.07, 6.45) is 0. The molecular weight excluding hydrogens is 276 g/mol. The Bertz CT molecular complexity index is 644. The van der Waals surface area contributed by atoms with E-state index in [1.54, 1.807) is 23.1 Å². The maximum absolute atomic E-state index is 5.25. The van der Waals surface area contributed by atoms with Gasteiger partial charge in [0, 0.05) is 10.3 Å². The minimum Gasteiger partial charge on any atom is -0.334 e. The number of aryl methyl sites for hydroxylation is 1. The molecule has 0 aliphatic carbocycles. The summed E-state index contributed by atoms with van der Waals surface area (Å²) in [5.41, 5.74) is 2.26. The first-order valence-corrected chi connectivity index (χ1v) is 7.79. The molecule has 19 heavy (non-hydrogen) atoms. The van der Waals surface area contributed by atoms with Crippen molar-refractivity contribution in [1.82, 2.24) is 10.1 Å². The Morgan fingerprint density at radius 2 is 2.05 bits per heavy atom. The van der Waals surface area contributed by atoms with E-state index in [2.05, 4.69) is 41.3 Å². The zero-order valence-electron chi connectivity index (χ0n) is 10.4. The van der Waals surface area contributed by atoms with E-state index in [0.29, 0.717) is 5.89 Å². The molecule has 0 saturated carbocycles. The molecule has 0 atom stereocenters. The van der Waals surface area contributed by atoms with Gasteiger partial charge < -0.3 is 4.52 Å². The van der Waals surface area contributed by atoms with Crippen molar-refractivity contribution < 1.29 is 4.52 Å². The van der Waals surface area contributed by atoms with Crippen molar-refractivity contribution in [2.24, 2.45) is 0 Å². The van der Waals surface area contributed by atoms with Crippen molar-refractivity contribution >= 4 is 23.1 Å². The molecule has 0 N–H and O–H groups in total. The first-order valence-electron chi connectivity index (χ1n) is 5.86. The first kappa shape index (κ1) is 12.4. The molecule has 0 radical (unpaired) electrons. The minimum absolute atomic E-state index is 0.598. The van der Waals surface area contributed by atoms with Crippen LogP contribution >= 0.6 is 23.1 Å².